The summed E-state index contributed by atoms with van der Waals surface area (Å²) in [5, 5.41) is 12.1. The van der Waals surface area contributed by atoms with E-state index in [0.29, 0.717) is 0 Å². The van der Waals surface area contributed by atoms with E-state index in [2.05, 4.69) is 10.2 Å². The summed E-state index contributed by atoms with van der Waals surface area (Å²) in [4.78, 5) is 30.1. The number of aliphatic carboxylic acids is 1. The zero-order valence-electron chi connectivity index (χ0n) is 16.5. The fourth-order valence-corrected chi connectivity index (χ4v) is 5.86. The van der Waals surface area contributed by atoms with Gasteiger partial charge in [0, 0.05) is 44.3 Å². The second-order valence-corrected chi connectivity index (χ2v) is 8.99. The van der Waals surface area contributed by atoms with E-state index in [1.807, 2.05) is 16.7 Å². The summed E-state index contributed by atoms with van der Waals surface area (Å²) in [5.41, 5.74) is 0. The van der Waals surface area contributed by atoms with E-state index in [-0.39, 0.29) is 24.7 Å². The van der Waals surface area contributed by atoms with Crippen LogP contribution in [0.15, 0.2) is 0 Å². The molecule has 1 heterocycles. The predicted molar refractivity (Wildman–Crippen MR) is 103 cm³/mol. The van der Waals surface area contributed by atoms with Crippen LogP contribution in [0.4, 0.5) is 4.79 Å². The molecule has 2 bridgehead atoms. The van der Waals surface area contributed by atoms with Gasteiger partial charge in [-0.25, -0.2) is 4.79 Å². The predicted octanol–water partition coefficient (Wildman–Crippen LogP) is 1.44. The van der Waals surface area contributed by atoms with Gasteiger partial charge < -0.3 is 15.3 Å². The topological polar surface area (TPSA) is 76.1 Å². The normalized spacial score (nSPS) is 36.1. The number of carboxylic acids is 1. The summed E-state index contributed by atoms with van der Waals surface area (Å²) >= 11 is 0. The molecule has 3 atom stereocenters. The van der Waals surface area contributed by atoms with E-state index in [1.165, 1.54) is 25.7 Å². The lowest BCUT2D eigenvalue weighted by atomic mass is 9.85. The minimum atomic E-state index is -0.780. The number of urea groups is 1. The van der Waals surface area contributed by atoms with E-state index in [1.54, 1.807) is 0 Å². The Morgan fingerprint density at radius 1 is 1.07 bits per heavy atom. The molecule has 3 saturated carbocycles. The average molecular weight is 379 g/mol. The molecule has 3 unspecified atom stereocenters. The lowest BCUT2D eigenvalue weighted by Gasteiger charge is -2.44. The number of carbonyl (C=O) groups is 2. The van der Waals surface area contributed by atoms with Crippen LogP contribution in [0.25, 0.3) is 0 Å². The van der Waals surface area contributed by atoms with Crippen molar-refractivity contribution >= 4 is 12.0 Å². The summed E-state index contributed by atoms with van der Waals surface area (Å²) in [6.07, 6.45) is 7.38. The molecule has 1 aliphatic heterocycles. The molecular formula is C20H34N4O3. The molecule has 27 heavy (non-hydrogen) atoms. The largest absolute Gasteiger partial charge is 0.480 e. The highest BCUT2D eigenvalue weighted by molar-refractivity contribution is 5.74. The molecule has 4 aliphatic rings. The number of fused-ring (bicyclic) bond motifs is 2. The lowest BCUT2D eigenvalue weighted by Crippen LogP contribution is -2.59. The highest BCUT2D eigenvalue weighted by Crippen LogP contribution is 2.46. The van der Waals surface area contributed by atoms with Crippen molar-refractivity contribution in [3.63, 3.8) is 0 Å². The Bertz CT molecular complexity index is 557. The molecule has 0 radical (unpaired) electrons. The Morgan fingerprint density at radius 2 is 1.81 bits per heavy atom. The maximum absolute atomic E-state index is 12.6. The van der Waals surface area contributed by atoms with Gasteiger partial charge >= 0.3 is 12.0 Å². The maximum atomic E-state index is 12.6. The van der Waals surface area contributed by atoms with Crippen LogP contribution in [0.2, 0.25) is 0 Å². The van der Waals surface area contributed by atoms with Crippen LogP contribution in [0, 0.1) is 11.8 Å². The third kappa shape index (κ3) is 4.09. The molecule has 7 nitrogen and oxygen atoms in total. The third-order valence-corrected chi connectivity index (χ3v) is 7.47. The van der Waals surface area contributed by atoms with Crippen LogP contribution in [0.5, 0.6) is 0 Å². The van der Waals surface area contributed by atoms with Gasteiger partial charge in [-0.2, -0.15) is 0 Å². The van der Waals surface area contributed by atoms with E-state index in [0.717, 1.165) is 63.4 Å². The molecule has 3 aliphatic carbocycles. The first kappa shape index (κ1) is 19.0. The number of amides is 2. The molecule has 1 saturated heterocycles. The van der Waals surface area contributed by atoms with Crippen molar-refractivity contribution in [2.75, 3.05) is 39.3 Å². The van der Waals surface area contributed by atoms with Gasteiger partial charge in [0.1, 0.15) is 0 Å². The number of piperazine rings is 1. The number of likely N-dealkylation sites (N-methyl/N-ethyl adjacent to an activating group) is 1. The van der Waals surface area contributed by atoms with Crippen molar-refractivity contribution in [1.82, 2.24) is 20.0 Å². The van der Waals surface area contributed by atoms with Crippen LogP contribution in [-0.2, 0) is 4.79 Å². The molecule has 0 aromatic carbocycles. The minimum Gasteiger partial charge on any atom is -0.480 e. The van der Waals surface area contributed by atoms with Gasteiger partial charge in [0.05, 0.1) is 6.54 Å². The van der Waals surface area contributed by atoms with Crippen LogP contribution in [-0.4, -0.2) is 89.2 Å². The van der Waals surface area contributed by atoms with Crippen molar-refractivity contribution in [3.8, 4) is 0 Å². The first-order valence-electron chi connectivity index (χ1n) is 10.8. The zero-order valence-corrected chi connectivity index (χ0v) is 16.5. The summed E-state index contributed by atoms with van der Waals surface area (Å²) in [6.45, 7) is 6.50. The average Bonchev–Trinajstić information content (AvgIpc) is 3.26. The summed E-state index contributed by atoms with van der Waals surface area (Å²) in [7, 11) is 0. The van der Waals surface area contributed by atoms with E-state index >= 15 is 0 Å². The molecule has 7 heteroatoms. The first-order valence-corrected chi connectivity index (χ1v) is 10.8. The number of carbonyl (C=O) groups excluding carboxylic acids is 1. The number of hydrogen-bond donors (Lipinski definition) is 2. The highest BCUT2D eigenvalue weighted by atomic mass is 16.4. The quantitative estimate of drug-likeness (QED) is 0.731. The summed E-state index contributed by atoms with van der Waals surface area (Å²) in [6, 6.07) is 1.31. The zero-order chi connectivity index (χ0) is 19.0. The van der Waals surface area contributed by atoms with Gasteiger partial charge in [-0.15, -0.1) is 0 Å². The SMILES string of the molecule is CCN(CC(=O)O)C1CC(NC(=O)N2CCN(C3CC4CCC3C4)CC2)C1. The fraction of sp³-hybridized carbons (Fsp3) is 0.900. The third-order valence-electron chi connectivity index (χ3n) is 7.47. The summed E-state index contributed by atoms with van der Waals surface area (Å²) in [5.74, 6) is 1.10. The van der Waals surface area contributed by atoms with Crippen LogP contribution in [0.1, 0.15) is 45.4 Å². The molecule has 0 aromatic heterocycles. The Balaban J connectivity index is 1.17. The van der Waals surface area contributed by atoms with E-state index < -0.39 is 5.97 Å². The Labute approximate surface area is 162 Å². The van der Waals surface area contributed by atoms with Gasteiger partial charge in [-0.05, 0) is 50.5 Å². The smallest absolute Gasteiger partial charge is 0.317 e. The Kier molecular flexibility index (Phi) is 5.60. The number of rotatable bonds is 6. The molecule has 2 N–H and O–H groups in total. The van der Waals surface area contributed by atoms with Gasteiger partial charge in [-0.3, -0.25) is 14.6 Å². The molecule has 152 valence electrons. The molecule has 0 spiro atoms. The van der Waals surface area contributed by atoms with Gasteiger partial charge in [0.2, 0.25) is 0 Å². The highest BCUT2D eigenvalue weighted by Gasteiger charge is 2.43. The van der Waals surface area contributed by atoms with E-state index in [9.17, 15) is 9.59 Å². The van der Waals surface area contributed by atoms with Gasteiger partial charge in [0.25, 0.3) is 0 Å². The van der Waals surface area contributed by atoms with Crippen molar-refractivity contribution in [1.29, 1.82) is 0 Å². The monoisotopic (exact) mass is 378 g/mol. The second-order valence-electron chi connectivity index (χ2n) is 8.99. The van der Waals surface area contributed by atoms with Crippen LogP contribution in [0.3, 0.4) is 0 Å². The number of hydrogen-bond acceptors (Lipinski definition) is 4. The standard InChI is InChI=1S/C20H34N4O3/c1-2-22(13-19(25)26)17-11-16(12-17)21-20(27)24-7-5-23(6-8-24)18-10-14-3-4-15(18)9-14/h14-18H,2-13H2,1H3,(H,21,27)(H,25,26). The lowest BCUT2D eigenvalue weighted by molar-refractivity contribution is -0.139. The number of nitrogens with one attached hydrogen (secondary N) is 1. The van der Waals surface area contributed by atoms with E-state index in [4.69, 9.17) is 5.11 Å². The van der Waals surface area contributed by atoms with Crippen LogP contribution >= 0.6 is 0 Å². The Hall–Kier alpha value is -1.34. The Morgan fingerprint density at radius 3 is 2.37 bits per heavy atom. The molecule has 4 rings (SSSR count). The minimum absolute atomic E-state index is 0.0623. The maximum Gasteiger partial charge on any atom is 0.317 e. The van der Waals surface area contributed by atoms with Gasteiger partial charge in [0.15, 0.2) is 0 Å². The van der Waals surface area contributed by atoms with Crippen LogP contribution < -0.4 is 5.32 Å². The first-order chi connectivity index (χ1) is 13.0. The van der Waals surface area contributed by atoms with Crippen molar-refractivity contribution in [2.24, 2.45) is 11.8 Å². The van der Waals surface area contributed by atoms with Crippen molar-refractivity contribution in [2.45, 2.75) is 63.6 Å². The molecular weight excluding hydrogens is 344 g/mol. The van der Waals surface area contributed by atoms with Crippen molar-refractivity contribution < 1.29 is 14.7 Å². The number of carboxylic acid groups (broad SMARTS) is 1. The number of nitrogens with zero attached hydrogens (tertiary/aromatic N) is 3. The molecule has 2 amide bonds. The molecule has 4 fully saturated rings. The molecule has 0 aromatic rings. The van der Waals surface area contributed by atoms with Crippen molar-refractivity contribution in [3.05, 3.63) is 0 Å². The fourth-order valence-electron chi connectivity index (χ4n) is 5.86. The van der Waals surface area contributed by atoms with Gasteiger partial charge in [-0.1, -0.05) is 13.3 Å². The summed E-state index contributed by atoms with van der Waals surface area (Å²) < 4.78 is 0. The second kappa shape index (κ2) is 7.95.